The zero-order chi connectivity index (χ0) is 12.3. The second-order valence-electron chi connectivity index (χ2n) is 3.37. The number of carbonyl (C=O) groups is 1. The van der Waals surface area contributed by atoms with Crippen LogP contribution < -0.4 is 11.1 Å². The normalized spacial score (nSPS) is 10.5. The average Bonchev–Trinajstić information content (AvgIpc) is 2.94. The fourth-order valence-electron chi connectivity index (χ4n) is 1.26. The lowest BCUT2D eigenvalue weighted by atomic mass is 10.4. The maximum Gasteiger partial charge on any atom is 0.271 e. The van der Waals surface area contributed by atoms with E-state index in [2.05, 4.69) is 15.3 Å². The molecular weight excluding hydrogens is 256 g/mol. The van der Waals surface area contributed by atoms with Gasteiger partial charge in [0.2, 0.25) is 0 Å². The van der Waals surface area contributed by atoms with Crippen LogP contribution in [-0.4, -0.2) is 15.9 Å². The van der Waals surface area contributed by atoms with E-state index in [0.717, 1.165) is 15.7 Å². The highest BCUT2D eigenvalue weighted by Crippen LogP contribution is 2.10. The van der Waals surface area contributed by atoms with Crippen LogP contribution in [0.25, 0.3) is 0 Å². The summed E-state index contributed by atoms with van der Waals surface area (Å²) in [5, 5.41) is 8.18. The zero-order valence-electron chi connectivity index (χ0n) is 9.27. The van der Waals surface area contributed by atoms with E-state index < -0.39 is 0 Å². The summed E-state index contributed by atoms with van der Waals surface area (Å²) in [7, 11) is 0. The van der Waals surface area contributed by atoms with Gasteiger partial charge in [0.15, 0.2) is 0 Å². The first-order chi connectivity index (χ1) is 8.19. The second kappa shape index (κ2) is 5.35. The van der Waals surface area contributed by atoms with Crippen molar-refractivity contribution in [1.82, 2.24) is 15.3 Å². The molecule has 0 atom stereocenters. The van der Waals surface area contributed by atoms with Gasteiger partial charge in [-0.15, -0.1) is 22.7 Å². The average molecular weight is 268 g/mol. The van der Waals surface area contributed by atoms with E-state index in [9.17, 15) is 4.79 Å². The summed E-state index contributed by atoms with van der Waals surface area (Å²) in [5.41, 5.74) is 6.73. The fraction of sp³-hybridized carbons (Fsp3) is 0.300. The molecule has 2 rings (SSSR count). The number of rotatable bonds is 4. The number of hydrogen-bond acceptors (Lipinski definition) is 6. The van der Waals surface area contributed by atoms with Gasteiger partial charge in [-0.2, -0.15) is 0 Å². The van der Waals surface area contributed by atoms with E-state index in [1.807, 2.05) is 12.3 Å². The molecule has 0 saturated heterocycles. The Hall–Kier alpha value is -1.31. The van der Waals surface area contributed by atoms with Crippen LogP contribution in [0.3, 0.4) is 0 Å². The Bertz CT molecular complexity index is 520. The fourth-order valence-corrected chi connectivity index (χ4v) is 2.53. The third-order valence-electron chi connectivity index (χ3n) is 2.06. The number of aromatic nitrogens is 2. The molecule has 0 unspecified atom stereocenters. The third kappa shape index (κ3) is 3.09. The molecule has 3 N–H and O–H groups in total. The molecule has 0 aliphatic rings. The number of nitrogens with two attached hydrogens (primary N) is 1. The molecule has 0 bridgehead atoms. The summed E-state index contributed by atoms with van der Waals surface area (Å²) in [6, 6.07) is 0. The molecule has 0 saturated carbocycles. The van der Waals surface area contributed by atoms with Crippen molar-refractivity contribution in [1.29, 1.82) is 0 Å². The van der Waals surface area contributed by atoms with Gasteiger partial charge in [-0.25, -0.2) is 9.97 Å². The van der Waals surface area contributed by atoms with Crippen LogP contribution in [0.1, 0.15) is 26.2 Å². The highest BCUT2D eigenvalue weighted by atomic mass is 32.1. The molecule has 0 spiro atoms. The van der Waals surface area contributed by atoms with E-state index in [1.165, 1.54) is 11.3 Å². The number of nitrogens with one attached hydrogen (secondary N) is 1. The Kier molecular flexibility index (Phi) is 3.82. The van der Waals surface area contributed by atoms with Gasteiger partial charge < -0.3 is 11.1 Å². The van der Waals surface area contributed by atoms with Crippen molar-refractivity contribution in [3.05, 3.63) is 32.2 Å². The molecule has 7 heteroatoms. The van der Waals surface area contributed by atoms with Gasteiger partial charge in [0.1, 0.15) is 10.7 Å². The highest BCUT2D eigenvalue weighted by Gasteiger charge is 2.10. The molecule has 2 aromatic heterocycles. The highest BCUT2D eigenvalue weighted by molar-refractivity contribution is 7.10. The maximum absolute atomic E-state index is 11.7. The van der Waals surface area contributed by atoms with Crippen LogP contribution in [0, 0.1) is 6.92 Å². The minimum atomic E-state index is -0.188. The predicted octanol–water partition coefficient (Wildman–Crippen LogP) is 1.30. The minimum Gasteiger partial charge on any atom is -0.345 e. The summed E-state index contributed by atoms with van der Waals surface area (Å²) < 4.78 is 0. The SMILES string of the molecule is Cc1nc(CNC(=O)c2csc(CN)n2)cs1. The summed E-state index contributed by atoms with van der Waals surface area (Å²) in [6.07, 6.45) is 0. The van der Waals surface area contributed by atoms with Crippen molar-refractivity contribution < 1.29 is 4.79 Å². The van der Waals surface area contributed by atoms with E-state index in [1.54, 1.807) is 16.7 Å². The largest absolute Gasteiger partial charge is 0.345 e. The summed E-state index contributed by atoms with van der Waals surface area (Å²) in [5.74, 6) is -0.188. The molecule has 90 valence electrons. The molecule has 0 aromatic carbocycles. The maximum atomic E-state index is 11.7. The van der Waals surface area contributed by atoms with Crippen LogP contribution in [-0.2, 0) is 13.1 Å². The van der Waals surface area contributed by atoms with Gasteiger partial charge in [0.05, 0.1) is 17.2 Å². The van der Waals surface area contributed by atoms with Crippen molar-refractivity contribution in [3.63, 3.8) is 0 Å². The Morgan fingerprint density at radius 3 is 2.82 bits per heavy atom. The standard InChI is InChI=1S/C10H12N4OS2/c1-6-13-7(4-16-6)3-12-10(15)8-5-17-9(2-11)14-8/h4-5H,2-3,11H2,1H3,(H,12,15). The molecule has 0 radical (unpaired) electrons. The van der Waals surface area contributed by atoms with Crippen molar-refractivity contribution in [3.8, 4) is 0 Å². The lowest BCUT2D eigenvalue weighted by Crippen LogP contribution is -2.23. The van der Waals surface area contributed by atoms with E-state index in [4.69, 9.17) is 5.73 Å². The van der Waals surface area contributed by atoms with Crippen LogP contribution in [0.2, 0.25) is 0 Å². The van der Waals surface area contributed by atoms with Gasteiger partial charge in [0, 0.05) is 17.3 Å². The van der Waals surface area contributed by atoms with Crippen LogP contribution in [0.5, 0.6) is 0 Å². The summed E-state index contributed by atoms with van der Waals surface area (Å²) in [6.45, 7) is 2.73. The van der Waals surface area contributed by atoms with Crippen LogP contribution in [0.4, 0.5) is 0 Å². The van der Waals surface area contributed by atoms with Crippen molar-refractivity contribution in [2.24, 2.45) is 5.73 Å². The molecule has 0 fully saturated rings. The van der Waals surface area contributed by atoms with Crippen LogP contribution >= 0.6 is 22.7 Å². The predicted molar refractivity (Wildman–Crippen MR) is 68.0 cm³/mol. The molecule has 2 heterocycles. The quantitative estimate of drug-likeness (QED) is 0.875. The minimum absolute atomic E-state index is 0.188. The topological polar surface area (TPSA) is 80.9 Å². The third-order valence-corrected chi connectivity index (χ3v) is 3.75. The Balaban J connectivity index is 1.93. The first-order valence-electron chi connectivity index (χ1n) is 5.02. The van der Waals surface area contributed by atoms with Gasteiger partial charge in [-0.3, -0.25) is 4.79 Å². The Morgan fingerprint density at radius 1 is 1.41 bits per heavy atom. The molecule has 0 aliphatic heterocycles. The van der Waals surface area contributed by atoms with Crippen molar-refractivity contribution in [2.75, 3.05) is 0 Å². The summed E-state index contributed by atoms with van der Waals surface area (Å²) >= 11 is 2.96. The van der Waals surface area contributed by atoms with E-state index in [-0.39, 0.29) is 5.91 Å². The smallest absolute Gasteiger partial charge is 0.271 e. The van der Waals surface area contributed by atoms with Crippen LogP contribution in [0.15, 0.2) is 10.8 Å². The monoisotopic (exact) mass is 268 g/mol. The molecule has 17 heavy (non-hydrogen) atoms. The van der Waals surface area contributed by atoms with E-state index >= 15 is 0 Å². The number of aryl methyl sites for hydroxylation is 1. The Morgan fingerprint density at radius 2 is 2.24 bits per heavy atom. The number of hydrogen-bond donors (Lipinski definition) is 2. The van der Waals surface area contributed by atoms with Crippen molar-refractivity contribution >= 4 is 28.6 Å². The molecule has 5 nitrogen and oxygen atoms in total. The molecule has 2 aromatic rings. The second-order valence-corrected chi connectivity index (χ2v) is 5.38. The van der Waals surface area contributed by atoms with E-state index in [0.29, 0.717) is 18.8 Å². The van der Waals surface area contributed by atoms with Gasteiger partial charge >= 0.3 is 0 Å². The number of carbonyl (C=O) groups excluding carboxylic acids is 1. The van der Waals surface area contributed by atoms with Gasteiger partial charge in [-0.05, 0) is 6.92 Å². The number of nitrogens with zero attached hydrogens (tertiary/aromatic N) is 2. The molecule has 1 amide bonds. The lowest BCUT2D eigenvalue weighted by molar-refractivity contribution is 0.0946. The lowest BCUT2D eigenvalue weighted by Gasteiger charge is -1.99. The first kappa shape index (κ1) is 12.2. The number of amides is 1. The summed E-state index contributed by atoms with van der Waals surface area (Å²) in [4.78, 5) is 20.1. The van der Waals surface area contributed by atoms with Gasteiger partial charge in [0.25, 0.3) is 5.91 Å². The first-order valence-corrected chi connectivity index (χ1v) is 6.78. The van der Waals surface area contributed by atoms with Gasteiger partial charge in [-0.1, -0.05) is 0 Å². The number of thiazole rings is 2. The Labute approximate surface area is 107 Å². The molecular formula is C10H12N4OS2. The van der Waals surface area contributed by atoms with Crippen molar-refractivity contribution in [2.45, 2.75) is 20.0 Å². The molecule has 0 aliphatic carbocycles. The zero-order valence-corrected chi connectivity index (χ0v) is 10.9.